The first kappa shape index (κ1) is 13.7. The molecule has 2 rings (SSSR count). The lowest BCUT2D eigenvalue weighted by molar-refractivity contribution is -0.126. The minimum absolute atomic E-state index is 0.0789. The summed E-state index contributed by atoms with van der Waals surface area (Å²) in [5, 5.41) is 8.71. The summed E-state index contributed by atoms with van der Waals surface area (Å²) in [6.45, 7) is 3.90. The van der Waals surface area contributed by atoms with Gasteiger partial charge in [-0.3, -0.25) is 9.69 Å². The van der Waals surface area contributed by atoms with Crippen molar-refractivity contribution in [3.63, 3.8) is 0 Å². The van der Waals surface area contributed by atoms with Crippen molar-refractivity contribution in [3.8, 4) is 6.07 Å². The molecular formula is C15H17FN2O. The lowest BCUT2D eigenvalue weighted by Gasteiger charge is -2.31. The van der Waals surface area contributed by atoms with Crippen molar-refractivity contribution in [2.45, 2.75) is 26.3 Å². The van der Waals surface area contributed by atoms with E-state index in [0.29, 0.717) is 43.0 Å². The molecule has 19 heavy (non-hydrogen) atoms. The average Bonchev–Trinajstić information content (AvgIpc) is 2.43. The van der Waals surface area contributed by atoms with E-state index >= 15 is 0 Å². The fraction of sp³-hybridized carbons (Fsp3) is 0.467. The van der Waals surface area contributed by atoms with Crippen LogP contribution in [0.4, 0.5) is 4.39 Å². The minimum atomic E-state index is -0.344. The predicted molar refractivity (Wildman–Crippen MR) is 69.8 cm³/mol. The Balaban J connectivity index is 2.06. The summed E-state index contributed by atoms with van der Waals surface area (Å²) < 4.78 is 13.8. The number of ketones is 1. The van der Waals surface area contributed by atoms with Crippen molar-refractivity contribution in [1.29, 1.82) is 5.26 Å². The van der Waals surface area contributed by atoms with Crippen molar-refractivity contribution in [2.24, 2.45) is 5.92 Å². The number of nitrogens with zero attached hydrogens (tertiary/aromatic N) is 2. The van der Waals surface area contributed by atoms with Crippen LogP contribution in [0.15, 0.2) is 18.2 Å². The monoisotopic (exact) mass is 260 g/mol. The Hall–Kier alpha value is -1.73. The van der Waals surface area contributed by atoms with Crippen molar-refractivity contribution in [1.82, 2.24) is 4.90 Å². The maximum absolute atomic E-state index is 13.8. The number of rotatable bonds is 3. The van der Waals surface area contributed by atoms with Crippen LogP contribution in [-0.2, 0) is 11.3 Å². The highest BCUT2D eigenvalue weighted by Gasteiger charge is 2.25. The third-order valence-electron chi connectivity index (χ3n) is 3.68. The molecule has 1 unspecified atom stereocenters. The van der Waals surface area contributed by atoms with Gasteiger partial charge in [-0.25, -0.2) is 4.39 Å². The van der Waals surface area contributed by atoms with Crippen LogP contribution in [0.5, 0.6) is 0 Å². The van der Waals surface area contributed by atoms with Gasteiger partial charge in [-0.05, 0) is 18.6 Å². The van der Waals surface area contributed by atoms with E-state index < -0.39 is 0 Å². The van der Waals surface area contributed by atoms with Crippen molar-refractivity contribution in [2.75, 3.05) is 13.1 Å². The van der Waals surface area contributed by atoms with Gasteiger partial charge < -0.3 is 0 Å². The highest BCUT2D eigenvalue weighted by Crippen LogP contribution is 2.19. The quantitative estimate of drug-likeness (QED) is 0.838. The summed E-state index contributed by atoms with van der Waals surface area (Å²) in [5.41, 5.74) is 0.921. The highest BCUT2D eigenvalue weighted by atomic mass is 19.1. The third-order valence-corrected chi connectivity index (χ3v) is 3.68. The van der Waals surface area contributed by atoms with Crippen molar-refractivity contribution >= 4 is 5.78 Å². The molecule has 3 nitrogen and oxygen atoms in total. The second-order valence-corrected chi connectivity index (χ2v) is 4.97. The van der Waals surface area contributed by atoms with E-state index in [1.807, 2.05) is 13.0 Å². The van der Waals surface area contributed by atoms with E-state index in [1.165, 1.54) is 6.07 Å². The molecule has 1 aliphatic rings. The molecule has 1 aliphatic heterocycles. The zero-order valence-electron chi connectivity index (χ0n) is 11.0. The molecule has 1 atom stereocenters. The second-order valence-electron chi connectivity index (χ2n) is 4.97. The average molecular weight is 260 g/mol. The molecule has 1 saturated heterocycles. The van der Waals surface area contributed by atoms with Crippen LogP contribution in [0.1, 0.15) is 30.9 Å². The van der Waals surface area contributed by atoms with Gasteiger partial charge in [0.25, 0.3) is 0 Å². The van der Waals surface area contributed by atoms with Crippen LogP contribution in [0, 0.1) is 23.1 Å². The van der Waals surface area contributed by atoms with E-state index in [4.69, 9.17) is 5.26 Å². The summed E-state index contributed by atoms with van der Waals surface area (Å²) in [7, 11) is 0. The van der Waals surface area contributed by atoms with E-state index in [2.05, 4.69) is 4.90 Å². The van der Waals surface area contributed by atoms with Gasteiger partial charge in [0.15, 0.2) is 0 Å². The molecule has 0 saturated carbocycles. The molecule has 0 aliphatic carbocycles. The first-order chi connectivity index (χ1) is 9.13. The molecule has 0 radical (unpaired) electrons. The van der Waals surface area contributed by atoms with Gasteiger partial charge in [-0.1, -0.05) is 13.0 Å². The number of benzene rings is 1. The van der Waals surface area contributed by atoms with Gasteiger partial charge in [-0.2, -0.15) is 5.26 Å². The molecule has 4 heteroatoms. The van der Waals surface area contributed by atoms with E-state index in [9.17, 15) is 9.18 Å². The summed E-state index contributed by atoms with van der Waals surface area (Å²) in [6, 6.07) is 6.48. The maximum Gasteiger partial charge on any atom is 0.138 e. The van der Waals surface area contributed by atoms with Crippen LogP contribution in [0.2, 0.25) is 0 Å². The Bertz CT molecular complexity index is 521. The second kappa shape index (κ2) is 5.94. The lowest BCUT2D eigenvalue weighted by Crippen LogP contribution is -2.40. The van der Waals surface area contributed by atoms with E-state index in [0.717, 1.165) is 6.42 Å². The molecule has 100 valence electrons. The molecule has 0 aromatic heterocycles. The first-order valence-corrected chi connectivity index (χ1v) is 6.57. The Kier molecular flexibility index (Phi) is 4.28. The standard InChI is InChI=1S/C15H17FN2O/c1-2-12-9-18(6-5-15(12)19)10-13-4-3-11(8-17)7-14(13)16/h3-4,7,12H,2,5-6,9-10H2,1H3. The van der Waals surface area contributed by atoms with Gasteiger partial charge in [0.05, 0.1) is 11.6 Å². The Morgan fingerprint density at radius 3 is 2.95 bits per heavy atom. The lowest BCUT2D eigenvalue weighted by atomic mass is 9.94. The minimum Gasteiger partial charge on any atom is -0.299 e. The number of hydrogen-bond donors (Lipinski definition) is 0. The van der Waals surface area contributed by atoms with Gasteiger partial charge >= 0.3 is 0 Å². The summed E-state index contributed by atoms with van der Waals surface area (Å²) in [6.07, 6.45) is 1.39. The third kappa shape index (κ3) is 3.18. The molecule has 1 aromatic rings. The fourth-order valence-corrected chi connectivity index (χ4v) is 2.46. The molecule has 0 N–H and O–H groups in total. The Labute approximate surface area is 112 Å². The molecular weight excluding hydrogens is 243 g/mol. The van der Waals surface area contributed by atoms with Crippen molar-refractivity contribution in [3.05, 3.63) is 35.1 Å². The molecule has 1 heterocycles. The fourth-order valence-electron chi connectivity index (χ4n) is 2.46. The maximum atomic E-state index is 13.8. The first-order valence-electron chi connectivity index (χ1n) is 6.57. The molecule has 0 spiro atoms. The van der Waals surface area contributed by atoms with Crippen LogP contribution in [-0.4, -0.2) is 23.8 Å². The van der Waals surface area contributed by atoms with E-state index in [-0.39, 0.29) is 11.7 Å². The van der Waals surface area contributed by atoms with Crippen LogP contribution in [0.25, 0.3) is 0 Å². The predicted octanol–water partition coefficient (Wildman–Crippen LogP) is 2.50. The molecule has 0 amide bonds. The number of piperidine rings is 1. The van der Waals surface area contributed by atoms with Gasteiger partial charge in [0, 0.05) is 37.5 Å². The normalized spacial score (nSPS) is 20.3. The summed E-state index contributed by atoms with van der Waals surface area (Å²) >= 11 is 0. The molecule has 1 aromatic carbocycles. The number of likely N-dealkylation sites (tertiary alicyclic amines) is 1. The van der Waals surface area contributed by atoms with Gasteiger partial charge in [0.2, 0.25) is 0 Å². The summed E-state index contributed by atoms with van der Waals surface area (Å²) in [4.78, 5) is 13.7. The highest BCUT2D eigenvalue weighted by molar-refractivity contribution is 5.82. The Morgan fingerprint density at radius 1 is 1.53 bits per heavy atom. The number of carbonyl (C=O) groups excluding carboxylic acids is 1. The number of Topliss-reactive ketones (excluding diaryl/α,β-unsaturated/α-hetero) is 1. The van der Waals surface area contributed by atoms with Crippen LogP contribution < -0.4 is 0 Å². The topological polar surface area (TPSA) is 44.1 Å². The van der Waals surface area contributed by atoms with Crippen molar-refractivity contribution < 1.29 is 9.18 Å². The smallest absolute Gasteiger partial charge is 0.138 e. The number of nitriles is 1. The van der Waals surface area contributed by atoms with Crippen LogP contribution >= 0.6 is 0 Å². The van der Waals surface area contributed by atoms with E-state index in [1.54, 1.807) is 12.1 Å². The zero-order chi connectivity index (χ0) is 13.8. The SMILES string of the molecule is CCC1CN(Cc2ccc(C#N)cc2F)CCC1=O. The largest absolute Gasteiger partial charge is 0.299 e. The zero-order valence-corrected chi connectivity index (χ0v) is 11.0. The molecule has 1 fully saturated rings. The number of halogens is 1. The van der Waals surface area contributed by atoms with Crippen LogP contribution in [0.3, 0.4) is 0 Å². The number of carbonyl (C=O) groups is 1. The molecule has 0 bridgehead atoms. The summed E-state index contributed by atoms with van der Waals surface area (Å²) in [5.74, 6) is 0.0539. The Morgan fingerprint density at radius 2 is 2.32 bits per heavy atom. The van der Waals surface area contributed by atoms with Gasteiger partial charge in [-0.15, -0.1) is 0 Å². The number of hydrogen-bond acceptors (Lipinski definition) is 3. The van der Waals surface area contributed by atoms with Gasteiger partial charge in [0.1, 0.15) is 11.6 Å².